The molecular formula is C7H9ClN2. The molecule has 0 spiro atoms. The Kier molecular flexibility index (Phi) is 2.12. The number of pyridine rings is 1. The van der Waals surface area contributed by atoms with Crippen LogP contribution in [0.5, 0.6) is 0 Å². The Balaban J connectivity index is 3.06. The molecule has 2 N–H and O–H groups in total. The van der Waals surface area contributed by atoms with E-state index in [1.54, 1.807) is 0 Å². The highest BCUT2D eigenvalue weighted by Crippen LogP contribution is 2.11. The van der Waals surface area contributed by atoms with Crippen molar-refractivity contribution >= 4 is 17.4 Å². The highest BCUT2D eigenvalue weighted by molar-refractivity contribution is 6.29. The highest BCUT2D eigenvalue weighted by Gasteiger charge is 1.94. The molecule has 54 valence electrons. The molecule has 0 fully saturated rings. The number of nitrogen functional groups attached to an aromatic ring is 1. The Bertz CT molecular complexity index is 215. The number of hydrogen-bond acceptors (Lipinski definition) is 2. The molecule has 1 aromatic heterocycles. The van der Waals surface area contributed by atoms with Gasteiger partial charge in [-0.2, -0.15) is 0 Å². The minimum absolute atomic E-state index is 0.469. The lowest BCUT2D eigenvalue weighted by Gasteiger charge is -1.97. The van der Waals surface area contributed by atoms with Crippen LogP contribution in [0.25, 0.3) is 0 Å². The molecule has 0 atom stereocenters. The molecule has 1 rings (SSSR count). The van der Waals surface area contributed by atoms with E-state index in [2.05, 4.69) is 4.98 Å². The number of rotatable bonds is 1. The lowest BCUT2D eigenvalue weighted by Crippen LogP contribution is -1.92. The summed E-state index contributed by atoms with van der Waals surface area (Å²) < 4.78 is 0. The quantitative estimate of drug-likeness (QED) is 0.631. The fraction of sp³-hybridized carbons (Fsp3) is 0.286. The monoisotopic (exact) mass is 156 g/mol. The van der Waals surface area contributed by atoms with E-state index in [-0.39, 0.29) is 0 Å². The minimum Gasteiger partial charge on any atom is -0.384 e. The van der Waals surface area contributed by atoms with Crippen molar-refractivity contribution in [2.24, 2.45) is 0 Å². The SMILES string of the molecule is CCc1cc(N)nc(Cl)c1. The number of anilines is 1. The summed E-state index contributed by atoms with van der Waals surface area (Å²) in [5.74, 6) is 0.490. The van der Waals surface area contributed by atoms with Crippen molar-refractivity contribution in [2.45, 2.75) is 13.3 Å². The first kappa shape index (κ1) is 7.35. The van der Waals surface area contributed by atoms with E-state index in [4.69, 9.17) is 17.3 Å². The van der Waals surface area contributed by atoms with Gasteiger partial charge in [0.25, 0.3) is 0 Å². The van der Waals surface area contributed by atoms with Gasteiger partial charge in [-0.05, 0) is 24.1 Å². The molecule has 0 radical (unpaired) electrons. The smallest absolute Gasteiger partial charge is 0.131 e. The first-order valence-corrected chi connectivity index (χ1v) is 3.52. The zero-order valence-corrected chi connectivity index (χ0v) is 6.52. The molecule has 10 heavy (non-hydrogen) atoms. The number of nitrogens with two attached hydrogens (primary N) is 1. The van der Waals surface area contributed by atoms with Crippen LogP contribution in [-0.4, -0.2) is 4.98 Å². The zero-order chi connectivity index (χ0) is 7.56. The van der Waals surface area contributed by atoms with Gasteiger partial charge < -0.3 is 5.73 Å². The van der Waals surface area contributed by atoms with Crippen molar-refractivity contribution in [2.75, 3.05) is 5.73 Å². The van der Waals surface area contributed by atoms with Gasteiger partial charge in [0, 0.05) is 0 Å². The van der Waals surface area contributed by atoms with E-state index in [0.717, 1.165) is 12.0 Å². The van der Waals surface area contributed by atoms with Gasteiger partial charge in [0.2, 0.25) is 0 Å². The third kappa shape index (κ3) is 1.61. The van der Waals surface area contributed by atoms with Gasteiger partial charge in [0.05, 0.1) is 0 Å². The molecule has 3 heteroatoms. The lowest BCUT2D eigenvalue weighted by molar-refractivity contribution is 1.12. The second-order valence-electron chi connectivity index (χ2n) is 2.08. The number of hydrogen-bond donors (Lipinski definition) is 1. The summed E-state index contributed by atoms with van der Waals surface area (Å²) in [4.78, 5) is 3.83. The Morgan fingerprint density at radius 2 is 2.30 bits per heavy atom. The predicted molar refractivity (Wildman–Crippen MR) is 43.0 cm³/mol. The van der Waals surface area contributed by atoms with Crippen LogP contribution in [0.1, 0.15) is 12.5 Å². The molecular weight excluding hydrogens is 148 g/mol. The number of nitrogens with zero attached hydrogens (tertiary/aromatic N) is 1. The Morgan fingerprint density at radius 1 is 1.60 bits per heavy atom. The van der Waals surface area contributed by atoms with Crippen LogP contribution in [0.15, 0.2) is 12.1 Å². The van der Waals surface area contributed by atoms with Crippen LogP contribution < -0.4 is 5.73 Å². The number of halogens is 1. The van der Waals surface area contributed by atoms with E-state index >= 15 is 0 Å². The fourth-order valence-electron chi connectivity index (χ4n) is 0.777. The molecule has 0 bridgehead atoms. The predicted octanol–water partition coefficient (Wildman–Crippen LogP) is 1.88. The maximum absolute atomic E-state index is 5.64. The van der Waals surface area contributed by atoms with Gasteiger partial charge in [-0.15, -0.1) is 0 Å². The molecule has 0 aliphatic carbocycles. The minimum atomic E-state index is 0.469. The van der Waals surface area contributed by atoms with Crippen molar-refractivity contribution in [1.29, 1.82) is 0 Å². The standard InChI is InChI=1S/C7H9ClN2/c1-2-5-3-6(8)10-7(9)4-5/h3-4H,2H2,1H3,(H2,9,10). The zero-order valence-electron chi connectivity index (χ0n) is 5.76. The van der Waals surface area contributed by atoms with Gasteiger partial charge in [0.1, 0.15) is 11.0 Å². The Morgan fingerprint density at radius 3 is 2.80 bits per heavy atom. The largest absolute Gasteiger partial charge is 0.384 e. The Hall–Kier alpha value is -0.760. The first-order valence-electron chi connectivity index (χ1n) is 3.14. The molecule has 1 heterocycles. The van der Waals surface area contributed by atoms with Crippen molar-refractivity contribution in [3.63, 3.8) is 0 Å². The van der Waals surface area contributed by atoms with Crippen LogP contribution in [-0.2, 0) is 6.42 Å². The van der Waals surface area contributed by atoms with E-state index < -0.39 is 0 Å². The second kappa shape index (κ2) is 2.88. The van der Waals surface area contributed by atoms with Gasteiger partial charge in [-0.3, -0.25) is 0 Å². The van der Waals surface area contributed by atoms with Gasteiger partial charge in [-0.25, -0.2) is 4.98 Å². The maximum Gasteiger partial charge on any atom is 0.131 e. The Labute approximate surface area is 65.0 Å². The van der Waals surface area contributed by atoms with Crippen LogP contribution in [0.2, 0.25) is 5.15 Å². The van der Waals surface area contributed by atoms with Crippen molar-refractivity contribution in [1.82, 2.24) is 4.98 Å². The summed E-state index contributed by atoms with van der Waals surface area (Å²) in [6.07, 6.45) is 0.937. The van der Waals surface area contributed by atoms with Crippen molar-refractivity contribution in [3.05, 3.63) is 22.8 Å². The summed E-state index contributed by atoms with van der Waals surface area (Å²) in [6, 6.07) is 3.64. The van der Waals surface area contributed by atoms with Crippen molar-refractivity contribution in [3.8, 4) is 0 Å². The molecule has 1 aromatic rings. The van der Waals surface area contributed by atoms with Crippen LogP contribution >= 0.6 is 11.6 Å². The van der Waals surface area contributed by atoms with Crippen molar-refractivity contribution < 1.29 is 0 Å². The number of aryl methyl sites for hydroxylation is 1. The summed E-state index contributed by atoms with van der Waals surface area (Å²) in [5, 5.41) is 0.469. The summed E-state index contributed by atoms with van der Waals surface area (Å²) in [7, 11) is 0. The van der Waals surface area contributed by atoms with E-state index in [1.165, 1.54) is 0 Å². The second-order valence-corrected chi connectivity index (χ2v) is 2.46. The summed E-state index contributed by atoms with van der Waals surface area (Å²) in [5.41, 5.74) is 6.56. The molecule has 0 unspecified atom stereocenters. The van der Waals surface area contributed by atoms with Gasteiger partial charge in [-0.1, -0.05) is 18.5 Å². The van der Waals surface area contributed by atoms with Crippen LogP contribution in [0.4, 0.5) is 5.82 Å². The van der Waals surface area contributed by atoms with E-state index in [0.29, 0.717) is 11.0 Å². The molecule has 0 aliphatic rings. The fourth-order valence-corrected chi connectivity index (χ4v) is 1.01. The normalized spacial score (nSPS) is 9.80. The first-order chi connectivity index (χ1) is 4.72. The summed E-state index contributed by atoms with van der Waals surface area (Å²) >= 11 is 5.64. The maximum atomic E-state index is 5.64. The average molecular weight is 157 g/mol. The van der Waals surface area contributed by atoms with Gasteiger partial charge in [0.15, 0.2) is 0 Å². The molecule has 0 saturated carbocycles. The third-order valence-electron chi connectivity index (χ3n) is 1.28. The molecule has 0 amide bonds. The molecule has 0 aliphatic heterocycles. The number of aromatic nitrogens is 1. The topological polar surface area (TPSA) is 38.9 Å². The molecule has 0 aromatic carbocycles. The highest BCUT2D eigenvalue weighted by atomic mass is 35.5. The van der Waals surface area contributed by atoms with Gasteiger partial charge >= 0.3 is 0 Å². The van der Waals surface area contributed by atoms with Crippen LogP contribution in [0.3, 0.4) is 0 Å². The average Bonchev–Trinajstić information content (AvgIpc) is 1.85. The summed E-state index contributed by atoms with van der Waals surface area (Å²) in [6.45, 7) is 2.05. The van der Waals surface area contributed by atoms with E-state index in [9.17, 15) is 0 Å². The molecule has 0 saturated heterocycles. The lowest BCUT2D eigenvalue weighted by atomic mass is 10.2. The molecule has 2 nitrogen and oxygen atoms in total. The third-order valence-corrected chi connectivity index (χ3v) is 1.48. The van der Waals surface area contributed by atoms with E-state index in [1.807, 2.05) is 19.1 Å². The van der Waals surface area contributed by atoms with Crippen LogP contribution in [0, 0.1) is 0 Å².